The Hall–Kier alpha value is -1.77. The normalized spacial score (nSPS) is 12.4. The number of halogens is 1. The minimum Gasteiger partial charge on any atom is -0.508 e. The summed E-state index contributed by atoms with van der Waals surface area (Å²) in [6, 6.07) is 7.41. The highest BCUT2D eigenvalue weighted by molar-refractivity contribution is 14.0. The zero-order valence-electron chi connectivity index (χ0n) is 16.2. The topological polar surface area (TPSA) is 74.5 Å². The molecule has 0 saturated heterocycles. The Kier molecular flexibility index (Phi) is 8.91. The van der Waals surface area contributed by atoms with Crippen LogP contribution in [-0.4, -0.2) is 33.4 Å². The van der Waals surface area contributed by atoms with E-state index in [1.807, 2.05) is 30.8 Å². The molecule has 1 aromatic carbocycles. The van der Waals surface area contributed by atoms with Gasteiger partial charge in [0.15, 0.2) is 5.96 Å². The fraction of sp³-hybridized carbons (Fsp3) is 0.474. The number of aromatic hydroxyl groups is 1. The zero-order valence-corrected chi connectivity index (χ0v) is 18.5. The van der Waals surface area contributed by atoms with Crippen molar-refractivity contribution in [1.29, 1.82) is 0 Å². The van der Waals surface area contributed by atoms with E-state index in [1.165, 1.54) is 11.3 Å². The maximum absolute atomic E-state index is 9.56. The lowest BCUT2D eigenvalue weighted by Crippen LogP contribution is -2.43. The monoisotopic (exact) mass is 471 g/mol. The summed E-state index contributed by atoms with van der Waals surface area (Å²) in [5.74, 6) is 1.04. The summed E-state index contributed by atoms with van der Waals surface area (Å²) in [5, 5.41) is 20.8. The smallest absolute Gasteiger partial charge is 0.191 e. The molecule has 2 aromatic rings. The van der Waals surface area contributed by atoms with E-state index in [0.29, 0.717) is 6.54 Å². The van der Waals surface area contributed by atoms with Gasteiger partial charge >= 0.3 is 0 Å². The molecule has 0 amide bonds. The molecule has 0 aliphatic heterocycles. The second kappa shape index (κ2) is 10.4. The van der Waals surface area contributed by atoms with E-state index < -0.39 is 0 Å². The molecule has 0 spiro atoms. The van der Waals surface area contributed by atoms with Crippen LogP contribution >= 0.6 is 24.0 Å². The van der Waals surface area contributed by atoms with Crippen molar-refractivity contribution in [2.24, 2.45) is 12.0 Å². The molecule has 0 fully saturated rings. The van der Waals surface area contributed by atoms with E-state index in [4.69, 9.17) is 0 Å². The first kappa shape index (κ1) is 22.3. The van der Waals surface area contributed by atoms with E-state index in [0.717, 1.165) is 30.2 Å². The molecule has 2 rings (SSSR count). The fourth-order valence-corrected chi connectivity index (χ4v) is 2.85. The number of hydrogen-bond acceptors (Lipinski definition) is 3. The molecule has 144 valence electrons. The highest BCUT2D eigenvalue weighted by Gasteiger charge is 2.14. The van der Waals surface area contributed by atoms with Crippen LogP contribution in [-0.2, 0) is 20.0 Å². The Morgan fingerprint density at radius 1 is 1.35 bits per heavy atom. The third kappa shape index (κ3) is 6.19. The molecule has 0 saturated carbocycles. The number of nitrogens with zero attached hydrogens (tertiary/aromatic N) is 3. The van der Waals surface area contributed by atoms with Crippen LogP contribution in [0.1, 0.15) is 36.4 Å². The van der Waals surface area contributed by atoms with Gasteiger partial charge in [-0.25, -0.2) is 4.99 Å². The number of rotatable bonds is 6. The second-order valence-electron chi connectivity index (χ2n) is 6.39. The minimum atomic E-state index is 0. The van der Waals surface area contributed by atoms with Crippen LogP contribution in [0.3, 0.4) is 0 Å². The maximum Gasteiger partial charge on any atom is 0.191 e. The van der Waals surface area contributed by atoms with Gasteiger partial charge in [-0.3, -0.25) is 4.68 Å². The second-order valence-corrected chi connectivity index (χ2v) is 6.39. The van der Waals surface area contributed by atoms with Gasteiger partial charge in [0, 0.05) is 25.3 Å². The number of guanidine groups is 1. The van der Waals surface area contributed by atoms with Crippen LogP contribution < -0.4 is 10.6 Å². The average molecular weight is 471 g/mol. The van der Waals surface area contributed by atoms with Gasteiger partial charge in [-0.05, 0) is 57.4 Å². The predicted molar refractivity (Wildman–Crippen MR) is 117 cm³/mol. The predicted octanol–water partition coefficient (Wildman–Crippen LogP) is 3.05. The van der Waals surface area contributed by atoms with E-state index in [-0.39, 0.29) is 35.8 Å². The number of aryl methyl sites for hydroxylation is 2. The van der Waals surface area contributed by atoms with Crippen LogP contribution in [0.4, 0.5) is 0 Å². The summed E-state index contributed by atoms with van der Waals surface area (Å²) in [7, 11) is 1.98. The lowest BCUT2D eigenvalue weighted by Gasteiger charge is -2.18. The summed E-state index contributed by atoms with van der Waals surface area (Å²) < 4.78 is 1.93. The first-order chi connectivity index (χ1) is 11.9. The molecule has 6 nitrogen and oxygen atoms in total. The Bertz CT molecular complexity index is 742. The SMILES string of the molecule is CCNC(=NCc1cccc(O)c1)NC(C)Cc1c(C)nn(C)c1C.I. The summed E-state index contributed by atoms with van der Waals surface area (Å²) in [6.07, 6.45) is 0.891. The lowest BCUT2D eigenvalue weighted by atomic mass is 10.1. The summed E-state index contributed by atoms with van der Waals surface area (Å²) in [4.78, 5) is 4.62. The van der Waals surface area contributed by atoms with Crippen molar-refractivity contribution < 1.29 is 5.11 Å². The van der Waals surface area contributed by atoms with Crippen LogP contribution in [0.5, 0.6) is 5.75 Å². The number of hydrogen-bond donors (Lipinski definition) is 3. The molecule has 1 heterocycles. The molecular weight excluding hydrogens is 441 g/mol. The van der Waals surface area contributed by atoms with E-state index in [9.17, 15) is 5.11 Å². The number of phenolic OH excluding ortho intramolecular Hbond substituents is 1. The number of aromatic nitrogens is 2. The average Bonchev–Trinajstić information content (AvgIpc) is 2.79. The third-order valence-corrected chi connectivity index (χ3v) is 4.23. The molecule has 7 heteroatoms. The molecule has 1 unspecified atom stereocenters. The first-order valence-electron chi connectivity index (χ1n) is 8.72. The van der Waals surface area contributed by atoms with Crippen molar-refractivity contribution in [1.82, 2.24) is 20.4 Å². The highest BCUT2D eigenvalue weighted by Crippen LogP contribution is 2.14. The quantitative estimate of drug-likeness (QED) is 0.344. The van der Waals surface area contributed by atoms with Crippen molar-refractivity contribution in [2.45, 2.75) is 46.7 Å². The first-order valence-corrected chi connectivity index (χ1v) is 8.72. The fourth-order valence-electron chi connectivity index (χ4n) is 2.85. The van der Waals surface area contributed by atoms with Crippen molar-refractivity contribution >= 4 is 29.9 Å². The summed E-state index contributed by atoms with van der Waals surface area (Å²) in [6.45, 7) is 9.66. The number of aliphatic imine (C=N–C) groups is 1. The van der Waals surface area contributed by atoms with Crippen molar-refractivity contribution in [3.8, 4) is 5.75 Å². The largest absolute Gasteiger partial charge is 0.508 e. The van der Waals surface area contributed by atoms with Gasteiger partial charge in [-0.15, -0.1) is 24.0 Å². The van der Waals surface area contributed by atoms with Gasteiger partial charge < -0.3 is 15.7 Å². The molecule has 0 aliphatic carbocycles. The van der Waals surface area contributed by atoms with Crippen LogP contribution in [0.2, 0.25) is 0 Å². The molecule has 1 aromatic heterocycles. The van der Waals surface area contributed by atoms with Crippen LogP contribution in [0.15, 0.2) is 29.3 Å². The number of benzene rings is 1. The van der Waals surface area contributed by atoms with Gasteiger partial charge in [0.1, 0.15) is 5.75 Å². The third-order valence-electron chi connectivity index (χ3n) is 4.23. The van der Waals surface area contributed by atoms with Crippen LogP contribution in [0, 0.1) is 13.8 Å². The molecule has 0 bridgehead atoms. The standard InChI is InChI=1S/C19H29N5O.HI/c1-6-20-19(21-12-16-8-7-9-17(25)11-16)22-13(2)10-18-14(3)23-24(5)15(18)4;/h7-9,11,13,25H,6,10,12H2,1-5H3,(H2,20,21,22);1H. The van der Waals surface area contributed by atoms with E-state index in [1.54, 1.807) is 12.1 Å². The zero-order chi connectivity index (χ0) is 18.4. The summed E-state index contributed by atoms with van der Waals surface area (Å²) >= 11 is 0. The number of phenols is 1. The van der Waals surface area contributed by atoms with Crippen LogP contribution in [0.25, 0.3) is 0 Å². The van der Waals surface area contributed by atoms with Gasteiger partial charge in [-0.1, -0.05) is 12.1 Å². The molecule has 0 aliphatic rings. The van der Waals surface area contributed by atoms with Gasteiger partial charge in [0.05, 0.1) is 12.2 Å². The molecule has 1 atom stereocenters. The van der Waals surface area contributed by atoms with E-state index >= 15 is 0 Å². The van der Waals surface area contributed by atoms with Crippen molar-refractivity contribution in [2.75, 3.05) is 6.54 Å². The maximum atomic E-state index is 9.56. The van der Waals surface area contributed by atoms with E-state index in [2.05, 4.69) is 41.5 Å². The Morgan fingerprint density at radius 3 is 2.65 bits per heavy atom. The Balaban J connectivity index is 0.00000338. The Labute approximate surface area is 173 Å². The molecule has 0 radical (unpaired) electrons. The van der Waals surface area contributed by atoms with Crippen molar-refractivity contribution in [3.63, 3.8) is 0 Å². The highest BCUT2D eigenvalue weighted by atomic mass is 127. The van der Waals surface area contributed by atoms with Gasteiger partial charge in [0.25, 0.3) is 0 Å². The van der Waals surface area contributed by atoms with Gasteiger partial charge in [-0.2, -0.15) is 5.10 Å². The number of nitrogens with one attached hydrogen (secondary N) is 2. The van der Waals surface area contributed by atoms with Gasteiger partial charge in [0.2, 0.25) is 0 Å². The Morgan fingerprint density at radius 2 is 2.08 bits per heavy atom. The summed E-state index contributed by atoms with van der Waals surface area (Å²) in [5.41, 5.74) is 4.54. The lowest BCUT2D eigenvalue weighted by molar-refractivity contribution is 0.474. The van der Waals surface area contributed by atoms with Crippen molar-refractivity contribution in [3.05, 3.63) is 46.8 Å². The minimum absolute atomic E-state index is 0. The molecule has 26 heavy (non-hydrogen) atoms. The molecule has 3 N–H and O–H groups in total. The molecular formula is C19H30IN5O.